The van der Waals surface area contributed by atoms with Crippen LogP contribution in [0.15, 0.2) is 28.6 Å². The quantitative estimate of drug-likeness (QED) is 0.531. The summed E-state index contributed by atoms with van der Waals surface area (Å²) in [6.07, 6.45) is 5.65. The maximum atomic E-state index is 13.8. The van der Waals surface area contributed by atoms with Gasteiger partial charge in [0.25, 0.3) is 0 Å². The van der Waals surface area contributed by atoms with Gasteiger partial charge in [-0.3, -0.25) is 15.0 Å². The number of halogens is 2. The van der Waals surface area contributed by atoms with Crippen LogP contribution < -0.4 is 10.2 Å². The van der Waals surface area contributed by atoms with Crippen LogP contribution >= 0.6 is 23.1 Å². The van der Waals surface area contributed by atoms with E-state index < -0.39 is 28.4 Å². The molecule has 0 aliphatic heterocycles. The topological polar surface area (TPSA) is 82.5 Å². The van der Waals surface area contributed by atoms with Crippen LogP contribution in [0.3, 0.4) is 0 Å². The minimum atomic E-state index is -1.03. The van der Waals surface area contributed by atoms with Crippen molar-refractivity contribution in [3.63, 3.8) is 0 Å². The monoisotopic (exact) mass is 455 g/mol. The van der Waals surface area contributed by atoms with E-state index in [-0.39, 0.29) is 5.69 Å². The number of carbonyl (C=O) groups is 2. The number of carboxylic acids is 1. The first-order valence-electron chi connectivity index (χ1n) is 9.57. The van der Waals surface area contributed by atoms with Crippen LogP contribution in [0.5, 0.6) is 0 Å². The van der Waals surface area contributed by atoms with Gasteiger partial charge in [0.15, 0.2) is 16.8 Å². The number of carbonyl (C=O) groups excluding carboxylic acids is 1. The van der Waals surface area contributed by atoms with E-state index in [2.05, 4.69) is 10.3 Å². The summed E-state index contributed by atoms with van der Waals surface area (Å²) in [5, 5.41) is 12.3. The number of rotatable bonds is 7. The van der Waals surface area contributed by atoms with Crippen molar-refractivity contribution in [2.75, 3.05) is 16.8 Å². The molecule has 0 radical (unpaired) electrons. The van der Waals surface area contributed by atoms with Gasteiger partial charge in [-0.15, -0.1) is 0 Å². The molecule has 2 amide bonds. The summed E-state index contributed by atoms with van der Waals surface area (Å²) in [4.78, 5) is 29.8. The maximum absolute atomic E-state index is 13.8. The van der Waals surface area contributed by atoms with E-state index >= 15 is 0 Å². The molecule has 0 spiro atoms. The average Bonchev–Trinajstić information content (AvgIpc) is 3.33. The predicted molar refractivity (Wildman–Crippen MR) is 114 cm³/mol. The van der Waals surface area contributed by atoms with Crippen molar-refractivity contribution in [1.29, 1.82) is 0 Å². The van der Waals surface area contributed by atoms with Gasteiger partial charge in [0.1, 0.15) is 4.75 Å². The molecule has 2 aromatic rings. The highest BCUT2D eigenvalue weighted by Crippen LogP contribution is 2.37. The summed E-state index contributed by atoms with van der Waals surface area (Å²) in [7, 11) is 0. The normalized spacial score (nSPS) is 14.7. The molecule has 1 aromatic carbocycles. The highest BCUT2D eigenvalue weighted by molar-refractivity contribution is 8.03. The number of amides is 2. The molecule has 2 N–H and O–H groups in total. The Morgan fingerprint density at radius 3 is 2.63 bits per heavy atom. The Morgan fingerprint density at radius 2 is 2.00 bits per heavy atom. The molecule has 0 atom stereocenters. The van der Waals surface area contributed by atoms with E-state index in [1.54, 1.807) is 13.8 Å². The van der Waals surface area contributed by atoms with Crippen molar-refractivity contribution in [2.24, 2.45) is 5.92 Å². The molecule has 30 heavy (non-hydrogen) atoms. The van der Waals surface area contributed by atoms with Crippen LogP contribution in [-0.4, -0.2) is 33.4 Å². The summed E-state index contributed by atoms with van der Waals surface area (Å²) in [6, 6.07) is 2.91. The fraction of sp³-hybridized carbons (Fsp3) is 0.450. The number of carboxylic acid groups (broad SMARTS) is 1. The van der Waals surface area contributed by atoms with Gasteiger partial charge in [-0.2, -0.15) is 0 Å². The molecule has 1 aromatic heterocycles. The van der Waals surface area contributed by atoms with Gasteiger partial charge in [-0.25, -0.2) is 18.6 Å². The number of benzene rings is 1. The SMILES string of the molecule is CC(C)(Sc1cnc(NC(=O)N(CC2CCCC2)c2ccc(F)c(F)c2)s1)C(=O)O. The molecule has 10 heteroatoms. The Morgan fingerprint density at radius 1 is 1.30 bits per heavy atom. The highest BCUT2D eigenvalue weighted by Gasteiger charge is 2.30. The van der Waals surface area contributed by atoms with Gasteiger partial charge < -0.3 is 5.11 Å². The fourth-order valence-corrected chi connectivity index (χ4v) is 5.49. The lowest BCUT2D eigenvalue weighted by atomic mass is 10.1. The molecule has 0 unspecified atom stereocenters. The minimum Gasteiger partial charge on any atom is -0.480 e. The number of hydrogen-bond donors (Lipinski definition) is 2. The van der Waals surface area contributed by atoms with Gasteiger partial charge in [-0.1, -0.05) is 35.9 Å². The van der Waals surface area contributed by atoms with Crippen LogP contribution in [0.25, 0.3) is 0 Å². The van der Waals surface area contributed by atoms with E-state index in [1.807, 2.05) is 0 Å². The third kappa shape index (κ3) is 5.48. The second kappa shape index (κ2) is 9.30. The Bertz CT molecular complexity index is 930. The highest BCUT2D eigenvalue weighted by atomic mass is 32.2. The molecule has 1 fully saturated rings. The molecule has 6 nitrogen and oxygen atoms in total. The smallest absolute Gasteiger partial charge is 0.328 e. The van der Waals surface area contributed by atoms with Crippen LogP contribution in [-0.2, 0) is 4.79 Å². The number of thioether (sulfide) groups is 1. The summed E-state index contributed by atoms with van der Waals surface area (Å²) in [5.41, 5.74) is 0.275. The predicted octanol–water partition coefficient (Wildman–Crippen LogP) is 5.61. The van der Waals surface area contributed by atoms with Crippen LogP contribution in [0.2, 0.25) is 0 Å². The van der Waals surface area contributed by atoms with E-state index in [9.17, 15) is 23.5 Å². The summed E-state index contributed by atoms with van der Waals surface area (Å²) >= 11 is 2.30. The zero-order chi connectivity index (χ0) is 21.9. The van der Waals surface area contributed by atoms with E-state index in [0.29, 0.717) is 21.8 Å². The van der Waals surface area contributed by atoms with Gasteiger partial charge in [0.2, 0.25) is 0 Å². The lowest BCUT2D eigenvalue weighted by molar-refractivity contribution is -0.138. The van der Waals surface area contributed by atoms with Gasteiger partial charge in [0.05, 0.1) is 10.4 Å². The molecule has 1 aliphatic rings. The molecule has 1 saturated carbocycles. The lowest BCUT2D eigenvalue weighted by Gasteiger charge is -2.25. The first kappa shape index (κ1) is 22.5. The van der Waals surface area contributed by atoms with Crippen LogP contribution in [0.1, 0.15) is 39.5 Å². The van der Waals surface area contributed by atoms with Crippen molar-refractivity contribution in [2.45, 2.75) is 48.5 Å². The third-order valence-electron chi connectivity index (χ3n) is 4.94. The largest absolute Gasteiger partial charge is 0.480 e. The molecule has 1 aliphatic carbocycles. The fourth-order valence-electron chi connectivity index (χ4n) is 3.23. The number of anilines is 2. The van der Waals surface area contributed by atoms with E-state index in [1.165, 1.54) is 17.2 Å². The second-order valence-electron chi connectivity index (χ2n) is 7.69. The third-order valence-corrected chi connectivity index (χ3v) is 7.14. The first-order valence-corrected chi connectivity index (χ1v) is 11.2. The molecular formula is C20H23F2N3O3S2. The second-order valence-corrected chi connectivity index (χ2v) is 10.6. The number of hydrogen-bond acceptors (Lipinski definition) is 5. The molecule has 0 bridgehead atoms. The number of aliphatic carboxylic acids is 1. The van der Waals surface area contributed by atoms with E-state index in [0.717, 1.165) is 60.9 Å². The molecular weight excluding hydrogens is 432 g/mol. The number of aromatic nitrogens is 1. The number of nitrogens with one attached hydrogen (secondary N) is 1. The van der Waals surface area contributed by atoms with Gasteiger partial charge in [-0.05, 0) is 44.7 Å². The standard InChI is InChI=1S/C20H23F2N3O3S2/c1-20(2,17(26)27)30-16-10-23-18(29-16)24-19(28)25(11-12-5-3-4-6-12)13-7-8-14(21)15(22)9-13/h7-10,12H,3-6,11H2,1-2H3,(H,26,27)(H,23,24,28). The van der Waals surface area contributed by atoms with Crippen molar-refractivity contribution in [3.8, 4) is 0 Å². The van der Waals surface area contributed by atoms with E-state index in [4.69, 9.17) is 0 Å². The molecule has 1 heterocycles. The zero-order valence-electron chi connectivity index (χ0n) is 16.7. The Kier molecular flexibility index (Phi) is 6.97. The van der Waals surface area contributed by atoms with Crippen molar-refractivity contribution in [3.05, 3.63) is 36.0 Å². The maximum Gasteiger partial charge on any atom is 0.328 e. The average molecular weight is 456 g/mol. The summed E-state index contributed by atoms with van der Waals surface area (Å²) in [5.74, 6) is -2.64. The minimum absolute atomic E-state index is 0.275. The molecule has 0 saturated heterocycles. The number of urea groups is 1. The number of nitrogens with zero attached hydrogens (tertiary/aromatic N) is 2. The first-order chi connectivity index (χ1) is 14.2. The number of thiazole rings is 1. The summed E-state index contributed by atoms with van der Waals surface area (Å²) < 4.78 is 26.8. The molecule has 3 rings (SSSR count). The summed E-state index contributed by atoms with van der Waals surface area (Å²) in [6.45, 7) is 3.57. The Balaban J connectivity index is 1.76. The molecule has 162 valence electrons. The van der Waals surface area contributed by atoms with Crippen LogP contribution in [0, 0.1) is 17.6 Å². The van der Waals surface area contributed by atoms with Crippen molar-refractivity contribution < 1.29 is 23.5 Å². The van der Waals surface area contributed by atoms with Crippen LogP contribution in [0.4, 0.5) is 24.4 Å². The van der Waals surface area contributed by atoms with Gasteiger partial charge >= 0.3 is 12.0 Å². The van der Waals surface area contributed by atoms with Gasteiger partial charge in [0, 0.05) is 18.3 Å². The van der Waals surface area contributed by atoms with Crippen molar-refractivity contribution in [1.82, 2.24) is 4.98 Å². The lowest BCUT2D eigenvalue weighted by Crippen LogP contribution is -2.38. The van der Waals surface area contributed by atoms with Crippen molar-refractivity contribution >= 4 is 45.9 Å². The Hall–Kier alpha value is -2.20. The Labute approximate surface area is 181 Å². The zero-order valence-corrected chi connectivity index (χ0v) is 18.3.